The smallest absolute Gasteiger partial charge is 0.335 e. The van der Waals surface area contributed by atoms with E-state index in [1.807, 2.05) is 20.8 Å². The normalized spacial score (nSPS) is 14.6. The molecule has 2 aromatic rings. The van der Waals surface area contributed by atoms with E-state index in [0.717, 1.165) is 0 Å². The largest absolute Gasteiger partial charge is 0.507 e. The molecule has 0 saturated heterocycles. The monoisotopic (exact) mass is 472 g/mol. The number of nitrogens with one attached hydrogen (secondary N) is 1. The van der Waals surface area contributed by atoms with Gasteiger partial charge in [-0.05, 0) is 51.1 Å². The number of aromatic hydroxyl groups is 1. The summed E-state index contributed by atoms with van der Waals surface area (Å²) in [6.07, 6.45) is 1.18. The van der Waals surface area contributed by atoms with E-state index in [0.29, 0.717) is 5.56 Å². The Bertz CT molecular complexity index is 1260. The highest BCUT2D eigenvalue weighted by atomic mass is 32.2. The maximum Gasteiger partial charge on any atom is 0.335 e. The highest BCUT2D eigenvalue weighted by molar-refractivity contribution is 7.90. The maximum atomic E-state index is 12.5. The van der Waals surface area contributed by atoms with E-state index in [2.05, 4.69) is 14.8 Å². The van der Waals surface area contributed by atoms with Crippen molar-refractivity contribution in [1.82, 2.24) is 10.3 Å². The zero-order valence-electron chi connectivity index (χ0n) is 18.3. The van der Waals surface area contributed by atoms with Gasteiger partial charge in [0.1, 0.15) is 10.6 Å². The van der Waals surface area contributed by atoms with Crippen molar-refractivity contribution in [2.24, 2.45) is 9.50 Å². The van der Waals surface area contributed by atoms with Crippen molar-refractivity contribution in [2.75, 3.05) is 6.54 Å². The van der Waals surface area contributed by atoms with Crippen LogP contribution in [-0.4, -0.2) is 59.7 Å². The fourth-order valence-electron chi connectivity index (χ4n) is 3.10. The quantitative estimate of drug-likeness (QED) is 0.431. The van der Waals surface area contributed by atoms with Gasteiger partial charge in [-0.2, -0.15) is 13.5 Å². The highest BCUT2D eigenvalue weighted by Crippen LogP contribution is 2.28. The number of carboxylic acids is 1. The van der Waals surface area contributed by atoms with Gasteiger partial charge in [-0.1, -0.05) is 12.1 Å². The Labute approximate surface area is 191 Å². The third-order valence-corrected chi connectivity index (χ3v) is 5.86. The topological polar surface area (TPSA) is 149 Å². The van der Waals surface area contributed by atoms with Crippen LogP contribution in [-0.2, 0) is 14.8 Å². The zero-order chi connectivity index (χ0) is 24.4. The molecular formula is C22H24N4O6S. The summed E-state index contributed by atoms with van der Waals surface area (Å²) < 4.78 is 28.8. The number of aromatic carboxylic acids is 1. The molecule has 3 rings (SSSR count). The van der Waals surface area contributed by atoms with E-state index in [9.17, 15) is 28.2 Å². The van der Waals surface area contributed by atoms with Gasteiger partial charge in [0.05, 0.1) is 18.3 Å². The van der Waals surface area contributed by atoms with Gasteiger partial charge >= 0.3 is 5.97 Å². The lowest BCUT2D eigenvalue weighted by Gasteiger charge is -2.22. The van der Waals surface area contributed by atoms with Crippen LogP contribution in [0, 0.1) is 0 Å². The minimum Gasteiger partial charge on any atom is -0.507 e. The molecule has 0 saturated carbocycles. The van der Waals surface area contributed by atoms with Crippen LogP contribution in [0.4, 0.5) is 0 Å². The van der Waals surface area contributed by atoms with Crippen molar-refractivity contribution < 1.29 is 28.2 Å². The summed E-state index contributed by atoms with van der Waals surface area (Å²) >= 11 is 0. The average Bonchev–Trinajstić information content (AvgIpc) is 2.99. The van der Waals surface area contributed by atoms with Gasteiger partial charge in [-0.3, -0.25) is 4.79 Å². The lowest BCUT2D eigenvalue weighted by Crippen LogP contribution is -2.42. The Morgan fingerprint density at radius 2 is 1.88 bits per heavy atom. The Balaban J connectivity index is 1.97. The third-order valence-electron chi connectivity index (χ3n) is 4.53. The van der Waals surface area contributed by atoms with Crippen LogP contribution in [0.25, 0.3) is 0 Å². The summed E-state index contributed by atoms with van der Waals surface area (Å²) in [5.74, 6) is -1.64. The van der Waals surface area contributed by atoms with Crippen molar-refractivity contribution in [3.05, 3.63) is 59.2 Å². The third kappa shape index (κ3) is 5.75. The molecule has 2 aromatic carbocycles. The number of hydrazone groups is 1. The van der Waals surface area contributed by atoms with Crippen molar-refractivity contribution in [3.8, 4) is 5.75 Å². The Kier molecular flexibility index (Phi) is 6.54. The molecule has 0 spiro atoms. The number of benzene rings is 2. The van der Waals surface area contributed by atoms with E-state index in [-0.39, 0.29) is 46.5 Å². The second-order valence-corrected chi connectivity index (χ2v) is 9.95. The minimum absolute atomic E-state index is 0.0134. The van der Waals surface area contributed by atoms with Crippen molar-refractivity contribution >= 4 is 33.9 Å². The Hall–Kier alpha value is -3.73. The summed E-state index contributed by atoms with van der Waals surface area (Å²) in [7, 11) is -3.93. The number of fused-ring (bicyclic) bond motifs is 1. The summed E-state index contributed by atoms with van der Waals surface area (Å²) in [6.45, 7) is 5.50. The number of sulfonamides is 1. The van der Waals surface area contributed by atoms with Crippen LogP contribution in [0.3, 0.4) is 0 Å². The molecule has 0 radical (unpaired) electrons. The molecule has 0 aliphatic carbocycles. The first kappa shape index (κ1) is 23.9. The maximum absolute atomic E-state index is 12.5. The molecule has 0 atom stereocenters. The number of rotatable bonds is 6. The standard InChI is InChI=1S/C22H24N4O6S/c1-22(2,3)24-19(28)10-11-26(20-16-6-4-5-7-18(16)33(31,32)25-20)23-13-15-12-14(21(29)30)8-9-17(15)27/h4-9,12-13,27H,10-11H2,1-3H3,(H,24,28)(H,29,30)/b23-13+. The molecule has 11 heteroatoms. The number of hydrogen-bond donors (Lipinski definition) is 3. The van der Waals surface area contributed by atoms with Crippen LogP contribution in [0.15, 0.2) is 56.9 Å². The first-order chi connectivity index (χ1) is 15.4. The number of amidine groups is 1. The second-order valence-electron chi connectivity index (χ2n) is 8.38. The van der Waals surface area contributed by atoms with Gasteiger partial charge in [0.15, 0.2) is 5.84 Å². The number of hydrogen-bond acceptors (Lipinski definition) is 7. The van der Waals surface area contributed by atoms with Gasteiger partial charge in [0.2, 0.25) is 5.91 Å². The predicted molar refractivity (Wildman–Crippen MR) is 122 cm³/mol. The van der Waals surface area contributed by atoms with Gasteiger partial charge in [-0.25, -0.2) is 9.80 Å². The Morgan fingerprint density at radius 3 is 2.55 bits per heavy atom. The van der Waals surface area contributed by atoms with Crippen LogP contribution >= 0.6 is 0 Å². The SMILES string of the molecule is CC(C)(C)NC(=O)CCN(/N=C/c1cc(C(=O)O)ccc1O)C1=NS(=O)(=O)c2ccccc21. The fraction of sp³-hybridized carbons (Fsp3) is 0.273. The molecule has 1 aliphatic rings. The number of carbonyl (C=O) groups is 2. The first-order valence-electron chi connectivity index (χ1n) is 10.0. The molecular weight excluding hydrogens is 448 g/mol. The first-order valence-corrected chi connectivity index (χ1v) is 11.4. The van der Waals surface area contributed by atoms with Crippen molar-refractivity contribution in [3.63, 3.8) is 0 Å². The molecule has 0 bridgehead atoms. The zero-order valence-corrected chi connectivity index (χ0v) is 19.1. The lowest BCUT2D eigenvalue weighted by atomic mass is 10.1. The van der Waals surface area contributed by atoms with E-state index in [1.54, 1.807) is 18.2 Å². The van der Waals surface area contributed by atoms with Crippen LogP contribution in [0.1, 0.15) is 48.7 Å². The molecule has 1 heterocycles. The van der Waals surface area contributed by atoms with E-state index in [4.69, 9.17) is 0 Å². The van der Waals surface area contributed by atoms with Gasteiger partial charge in [0, 0.05) is 23.1 Å². The summed E-state index contributed by atoms with van der Waals surface area (Å²) in [4.78, 5) is 23.6. The molecule has 1 aliphatic heterocycles. The van der Waals surface area contributed by atoms with E-state index >= 15 is 0 Å². The predicted octanol–water partition coefficient (Wildman–Crippen LogP) is 2.18. The Morgan fingerprint density at radius 1 is 1.18 bits per heavy atom. The lowest BCUT2D eigenvalue weighted by molar-refractivity contribution is -0.122. The number of carbonyl (C=O) groups excluding carboxylic acids is 1. The van der Waals surface area contributed by atoms with Crippen LogP contribution in [0.5, 0.6) is 5.75 Å². The molecule has 33 heavy (non-hydrogen) atoms. The minimum atomic E-state index is -3.93. The summed E-state index contributed by atoms with van der Waals surface area (Å²) in [5.41, 5.74) is -0.0747. The highest BCUT2D eigenvalue weighted by Gasteiger charge is 2.32. The molecule has 3 N–H and O–H groups in total. The van der Waals surface area contributed by atoms with Gasteiger partial charge < -0.3 is 15.5 Å². The fourth-order valence-corrected chi connectivity index (χ4v) is 4.31. The number of phenolic OH excluding ortho intramolecular Hbond substituents is 1. The molecule has 10 nitrogen and oxygen atoms in total. The van der Waals surface area contributed by atoms with Crippen LogP contribution < -0.4 is 5.32 Å². The van der Waals surface area contributed by atoms with Crippen molar-refractivity contribution in [2.45, 2.75) is 37.6 Å². The molecule has 174 valence electrons. The molecule has 0 aromatic heterocycles. The summed E-state index contributed by atoms with van der Waals surface area (Å²) in [6, 6.07) is 9.94. The van der Waals surface area contributed by atoms with E-state index < -0.39 is 21.5 Å². The average molecular weight is 473 g/mol. The number of amides is 1. The molecule has 0 unspecified atom stereocenters. The number of phenols is 1. The number of nitrogens with zero attached hydrogens (tertiary/aromatic N) is 3. The second kappa shape index (κ2) is 9.02. The van der Waals surface area contributed by atoms with Gasteiger partial charge in [-0.15, -0.1) is 4.40 Å². The molecule has 0 fully saturated rings. The van der Waals surface area contributed by atoms with Crippen molar-refractivity contribution in [1.29, 1.82) is 0 Å². The van der Waals surface area contributed by atoms with Gasteiger partial charge in [0.25, 0.3) is 10.0 Å². The summed E-state index contributed by atoms with van der Waals surface area (Å²) in [5, 5.41) is 27.6. The van der Waals surface area contributed by atoms with Crippen LogP contribution in [0.2, 0.25) is 0 Å². The van der Waals surface area contributed by atoms with E-state index in [1.165, 1.54) is 35.5 Å². The molecule has 1 amide bonds. The number of carboxylic acid groups (broad SMARTS) is 1.